The van der Waals surface area contributed by atoms with E-state index in [1.54, 1.807) is 33.7 Å². The highest BCUT2D eigenvalue weighted by Gasteiger charge is 2.14. The molecule has 0 saturated heterocycles. The Morgan fingerprint density at radius 3 is 2.32 bits per heavy atom. The van der Waals surface area contributed by atoms with Gasteiger partial charge in [0.25, 0.3) is 0 Å². The van der Waals surface area contributed by atoms with Crippen LogP contribution in [0.15, 0.2) is 42.7 Å². The summed E-state index contributed by atoms with van der Waals surface area (Å²) in [5, 5.41) is 6.48. The maximum Gasteiger partial charge on any atom is 0.225 e. The number of nitrogens with one attached hydrogen (secondary N) is 2. The van der Waals surface area contributed by atoms with Gasteiger partial charge in [0.05, 0.1) is 21.3 Å². The Kier molecular flexibility index (Phi) is 6.11. The summed E-state index contributed by atoms with van der Waals surface area (Å²) in [6.45, 7) is 2.50. The van der Waals surface area contributed by atoms with Gasteiger partial charge in [-0.2, -0.15) is 4.98 Å². The molecule has 0 atom stereocenters. The summed E-state index contributed by atoms with van der Waals surface area (Å²) in [4.78, 5) is 13.1. The number of aryl methyl sites for hydroxylation is 1. The van der Waals surface area contributed by atoms with E-state index >= 15 is 0 Å². The molecule has 1 aromatic carbocycles. The van der Waals surface area contributed by atoms with Gasteiger partial charge >= 0.3 is 0 Å². The lowest BCUT2D eigenvalue weighted by atomic mass is 10.2. The van der Waals surface area contributed by atoms with E-state index < -0.39 is 0 Å². The van der Waals surface area contributed by atoms with Gasteiger partial charge < -0.3 is 24.8 Å². The summed E-state index contributed by atoms with van der Waals surface area (Å²) in [5.41, 5.74) is 2.64. The number of nitrogens with zero attached hydrogens (tertiary/aromatic N) is 3. The molecule has 0 aliphatic heterocycles. The molecule has 0 aliphatic rings. The summed E-state index contributed by atoms with van der Waals surface area (Å²) in [6, 6.07) is 9.39. The van der Waals surface area contributed by atoms with Gasteiger partial charge in [0, 0.05) is 48.5 Å². The summed E-state index contributed by atoms with van der Waals surface area (Å²) < 4.78 is 16.1. The topological polar surface area (TPSA) is 90.4 Å². The van der Waals surface area contributed by atoms with Crippen molar-refractivity contribution in [2.45, 2.75) is 13.5 Å². The number of aromatic nitrogens is 3. The molecule has 2 aromatic heterocycles. The molecule has 0 bridgehead atoms. The minimum atomic E-state index is 0.527. The summed E-state index contributed by atoms with van der Waals surface area (Å²) in [6.07, 6.45) is 3.55. The molecule has 2 heterocycles. The van der Waals surface area contributed by atoms with Gasteiger partial charge in [-0.25, -0.2) is 4.98 Å². The Bertz CT molecular complexity index is 909. The summed E-state index contributed by atoms with van der Waals surface area (Å²) >= 11 is 0. The number of benzene rings is 1. The van der Waals surface area contributed by atoms with Crippen LogP contribution in [0, 0.1) is 6.92 Å². The second-order valence-corrected chi connectivity index (χ2v) is 5.97. The van der Waals surface area contributed by atoms with E-state index in [9.17, 15) is 0 Å². The predicted molar refractivity (Wildman–Crippen MR) is 108 cm³/mol. The fraction of sp³-hybridized carbons (Fsp3) is 0.250. The van der Waals surface area contributed by atoms with E-state index in [-0.39, 0.29) is 0 Å². The van der Waals surface area contributed by atoms with Gasteiger partial charge in [0.1, 0.15) is 5.82 Å². The van der Waals surface area contributed by atoms with Crippen molar-refractivity contribution in [2.24, 2.45) is 0 Å². The largest absolute Gasteiger partial charge is 0.493 e. The average Bonchev–Trinajstić information content (AvgIpc) is 2.71. The molecule has 0 unspecified atom stereocenters. The third-order valence-corrected chi connectivity index (χ3v) is 3.96. The number of rotatable bonds is 8. The fourth-order valence-electron chi connectivity index (χ4n) is 2.70. The van der Waals surface area contributed by atoms with Crippen LogP contribution in [0.5, 0.6) is 17.2 Å². The monoisotopic (exact) mass is 381 g/mol. The van der Waals surface area contributed by atoms with Crippen LogP contribution in [-0.4, -0.2) is 36.3 Å². The first-order valence-electron chi connectivity index (χ1n) is 8.68. The maximum absolute atomic E-state index is 5.40. The zero-order chi connectivity index (χ0) is 19.9. The molecule has 0 saturated carbocycles. The quantitative estimate of drug-likeness (QED) is 0.612. The Morgan fingerprint density at radius 2 is 1.71 bits per heavy atom. The minimum absolute atomic E-state index is 0.527. The molecule has 8 nitrogen and oxygen atoms in total. The van der Waals surface area contributed by atoms with Crippen LogP contribution in [0.1, 0.15) is 11.3 Å². The fourth-order valence-corrected chi connectivity index (χ4v) is 2.70. The SMILES string of the molecule is COc1cc(Nc2cc(C)nc(NCc3cccnc3)n2)cc(OC)c1OC. The van der Waals surface area contributed by atoms with Crippen LogP contribution >= 0.6 is 0 Å². The number of pyridine rings is 1. The van der Waals surface area contributed by atoms with Crippen molar-refractivity contribution >= 4 is 17.5 Å². The lowest BCUT2D eigenvalue weighted by Gasteiger charge is -2.15. The predicted octanol–water partition coefficient (Wildman–Crippen LogP) is 3.56. The third kappa shape index (κ3) is 4.59. The van der Waals surface area contributed by atoms with Gasteiger partial charge in [0.15, 0.2) is 11.5 Å². The Morgan fingerprint density at radius 1 is 0.964 bits per heavy atom. The molecular formula is C20H23N5O3. The zero-order valence-electron chi connectivity index (χ0n) is 16.3. The van der Waals surface area contributed by atoms with E-state index in [1.807, 2.05) is 37.3 Å². The molecule has 28 heavy (non-hydrogen) atoms. The van der Waals surface area contributed by atoms with E-state index in [0.29, 0.717) is 35.6 Å². The smallest absolute Gasteiger partial charge is 0.225 e. The van der Waals surface area contributed by atoms with Crippen LogP contribution < -0.4 is 24.8 Å². The van der Waals surface area contributed by atoms with Crippen molar-refractivity contribution in [3.05, 3.63) is 54.0 Å². The van der Waals surface area contributed by atoms with Crippen LogP contribution in [-0.2, 0) is 6.54 Å². The number of hydrogen-bond donors (Lipinski definition) is 2. The van der Waals surface area contributed by atoms with Gasteiger partial charge in [-0.15, -0.1) is 0 Å². The highest BCUT2D eigenvalue weighted by Crippen LogP contribution is 2.40. The Hall–Kier alpha value is -3.55. The lowest BCUT2D eigenvalue weighted by molar-refractivity contribution is 0.324. The van der Waals surface area contributed by atoms with E-state index in [0.717, 1.165) is 16.9 Å². The molecular weight excluding hydrogens is 358 g/mol. The molecule has 8 heteroatoms. The second kappa shape index (κ2) is 8.90. The van der Waals surface area contributed by atoms with Gasteiger partial charge in [0.2, 0.25) is 11.7 Å². The van der Waals surface area contributed by atoms with E-state index in [4.69, 9.17) is 14.2 Å². The molecule has 0 spiro atoms. The molecule has 0 radical (unpaired) electrons. The van der Waals surface area contributed by atoms with E-state index in [2.05, 4.69) is 25.6 Å². The highest BCUT2D eigenvalue weighted by molar-refractivity contribution is 5.67. The highest BCUT2D eigenvalue weighted by atomic mass is 16.5. The maximum atomic E-state index is 5.40. The average molecular weight is 381 g/mol. The van der Waals surface area contributed by atoms with Crippen LogP contribution in [0.4, 0.5) is 17.5 Å². The summed E-state index contributed by atoms with van der Waals surface area (Å²) in [5.74, 6) is 2.83. The van der Waals surface area contributed by atoms with E-state index in [1.165, 1.54) is 0 Å². The molecule has 0 amide bonds. The van der Waals surface area contributed by atoms with Crippen molar-refractivity contribution < 1.29 is 14.2 Å². The van der Waals surface area contributed by atoms with Gasteiger partial charge in [-0.05, 0) is 18.6 Å². The number of anilines is 3. The second-order valence-electron chi connectivity index (χ2n) is 5.97. The van der Waals surface area contributed by atoms with Gasteiger partial charge in [-0.3, -0.25) is 4.98 Å². The van der Waals surface area contributed by atoms with Crippen molar-refractivity contribution in [1.82, 2.24) is 15.0 Å². The number of hydrogen-bond acceptors (Lipinski definition) is 8. The van der Waals surface area contributed by atoms with Crippen molar-refractivity contribution in [3.63, 3.8) is 0 Å². The van der Waals surface area contributed by atoms with Crippen molar-refractivity contribution in [3.8, 4) is 17.2 Å². The van der Waals surface area contributed by atoms with Crippen molar-refractivity contribution in [1.29, 1.82) is 0 Å². The van der Waals surface area contributed by atoms with Crippen LogP contribution in [0.3, 0.4) is 0 Å². The molecule has 3 rings (SSSR count). The van der Waals surface area contributed by atoms with Crippen molar-refractivity contribution in [2.75, 3.05) is 32.0 Å². The standard InChI is InChI=1S/C20H23N5O3/c1-13-8-18(25-20(23-13)22-12-14-6-5-7-21-11-14)24-15-9-16(26-2)19(28-4)17(10-15)27-3/h5-11H,12H2,1-4H3,(H2,22,23,24,25). The molecule has 146 valence electrons. The van der Waals surface area contributed by atoms with Gasteiger partial charge in [-0.1, -0.05) is 6.07 Å². The first kappa shape index (κ1) is 19.2. The summed E-state index contributed by atoms with van der Waals surface area (Å²) in [7, 11) is 4.73. The zero-order valence-corrected chi connectivity index (χ0v) is 16.3. The van der Waals surface area contributed by atoms with Crippen LogP contribution in [0.2, 0.25) is 0 Å². The minimum Gasteiger partial charge on any atom is -0.493 e. The first-order chi connectivity index (χ1) is 13.6. The molecule has 0 aliphatic carbocycles. The number of ether oxygens (including phenoxy) is 3. The normalized spacial score (nSPS) is 10.3. The molecule has 2 N–H and O–H groups in total. The third-order valence-electron chi connectivity index (χ3n) is 3.96. The Labute approximate surface area is 163 Å². The van der Waals surface area contributed by atoms with Crippen LogP contribution in [0.25, 0.3) is 0 Å². The Balaban J connectivity index is 1.81. The number of methoxy groups -OCH3 is 3. The molecule has 3 aromatic rings. The molecule has 0 fully saturated rings. The lowest BCUT2D eigenvalue weighted by Crippen LogP contribution is -2.06. The first-order valence-corrected chi connectivity index (χ1v) is 8.68.